The van der Waals surface area contributed by atoms with Crippen LogP contribution in [0.1, 0.15) is 16.7 Å². The van der Waals surface area contributed by atoms with Crippen molar-refractivity contribution in [1.29, 1.82) is 0 Å². The van der Waals surface area contributed by atoms with E-state index in [0.29, 0.717) is 27.6 Å². The van der Waals surface area contributed by atoms with Crippen molar-refractivity contribution < 1.29 is 58.6 Å². The fourth-order valence-corrected chi connectivity index (χ4v) is 6.22. The van der Waals surface area contributed by atoms with Crippen LogP contribution in [0.25, 0.3) is 33.4 Å². The van der Waals surface area contributed by atoms with Crippen molar-refractivity contribution in [2.24, 2.45) is 0 Å². The van der Waals surface area contributed by atoms with Crippen molar-refractivity contribution in [2.75, 3.05) is 36.9 Å². The Kier molecular flexibility index (Phi) is 11.2. The molecule has 17 heteroatoms. The molecule has 7 N–H and O–H groups in total. The second-order valence-electron chi connectivity index (χ2n) is 11.8. The van der Waals surface area contributed by atoms with Crippen molar-refractivity contribution in [3.63, 3.8) is 0 Å². The van der Waals surface area contributed by atoms with Crippen LogP contribution >= 0.6 is 23.2 Å². The van der Waals surface area contributed by atoms with Gasteiger partial charge in [-0.05, 0) is 59.5 Å². The van der Waals surface area contributed by atoms with E-state index in [-0.39, 0.29) is 74.4 Å². The number of nitrogens with zero attached hydrogens (tertiary/aromatic N) is 1. The number of anilines is 2. The average Bonchev–Trinajstić information content (AvgIpc) is 3.06. The first-order chi connectivity index (χ1) is 25.0. The molecule has 0 saturated carbocycles. The summed E-state index contributed by atoms with van der Waals surface area (Å²) in [6.07, 6.45) is -1.01. The number of nitrogens with two attached hydrogens (primary N) is 1. The zero-order chi connectivity index (χ0) is 38.7. The number of hydrogen-bond donors (Lipinski definition) is 6. The van der Waals surface area contributed by atoms with Crippen molar-refractivity contribution in [3.8, 4) is 39.7 Å². The molecule has 0 bridgehead atoms. The fraction of sp³-hybridized carbons (Fsp3) is 0.194. The SMILES string of the molecule is Cc1cc(OCCOc2cc(-c3c4cc(Cl)c(=O)cc-4oc4cc(O)c(Cl)cc34)ccc2N(CC(=O)O)CC(=O)O)c(N)c(CC(=O)O)c1CC(=O)O. The first kappa shape index (κ1) is 38.1. The number of nitrogen functional groups attached to an aromatic ring is 1. The van der Waals surface area contributed by atoms with Gasteiger partial charge in [-0.25, -0.2) is 0 Å². The number of benzene rings is 4. The smallest absolute Gasteiger partial charge is 0.323 e. The van der Waals surface area contributed by atoms with Crippen molar-refractivity contribution in [2.45, 2.75) is 19.8 Å². The monoisotopic (exact) mass is 768 g/mol. The molecule has 5 rings (SSSR count). The van der Waals surface area contributed by atoms with Crippen LogP contribution in [0.15, 0.2) is 57.7 Å². The Bertz CT molecular complexity index is 2310. The highest BCUT2D eigenvalue weighted by Crippen LogP contribution is 2.45. The number of aryl methyl sites for hydroxylation is 1. The van der Waals surface area contributed by atoms with Crippen molar-refractivity contribution in [1.82, 2.24) is 0 Å². The lowest BCUT2D eigenvalue weighted by atomic mass is 9.93. The third-order valence-electron chi connectivity index (χ3n) is 8.12. The Morgan fingerprint density at radius 1 is 0.792 bits per heavy atom. The maximum atomic E-state index is 12.4. The molecule has 53 heavy (non-hydrogen) atoms. The minimum atomic E-state index is -1.32. The Balaban J connectivity index is 1.58. The Labute approximate surface area is 309 Å². The van der Waals surface area contributed by atoms with Crippen LogP contribution in [0, 0.1) is 6.92 Å². The summed E-state index contributed by atoms with van der Waals surface area (Å²) < 4.78 is 17.8. The lowest BCUT2D eigenvalue weighted by Gasteiger charge is -2.25. The molecular weight excluding hydrogens is 739 g/mol. The molecular formula is C36H30Cl2N2O13. The van der Waals surface area contributed by atoms with Crippen molar-refractivity contribution in [3.05, 3.63) is 85.5 Å². The molecule has 1 aliphatic carbocycles. The molecule has 0 amide bonds. The fourth-order valence-electron chi connectivity index (χ4n) is 5.89. The van der Waals surface area contributed by atoms with E-state index in [4.69, 9.17) is 42.8 Å². The lowest BCUT2D eigenvalue weighted by molar-refractivity contribution is -0.137. The number of ether oxygens (including phenoxy) is 2. The lowest BCUT2D eigenvalue weighted by Crippen LogP contribution is -2.34. The number of carboxylic acids is 4. The van der Waals surface area contributed by atoms with Gasteiger partial charge in [-0.15, -0.1) is 0 Å². The summed E-state index contributed by atoms with van der Waals surface area (Å²) in [5.74, 6) is -5.13. The molecule has 3 aromatic carbocycles. The van der Waals surface area contributed by atoms with Crippen LogP contribution in [-0.4, -0.2) is 75.7 Å². The minimum absolute atomic E-state index is 0.0135. The molecule has 276 valence electrons. The van der Waals surface area contributed by atoms with Crippen LogP contribution in [0.4, 0.5) is 11.4 Å². The van der Waals surface area contributed by atoms with Crippen molar-refractivity contribution >= 4 is 69.4 Å². The number of phenols is 1. The van der Waals surface area contributed by atoms with Crippen LogP contribution in [0.5, 0.6) is 17.2 Å². The maximum Gasteiger partial charge on any atom is 0.323 e. The molecule has 0 fully saturated rings. The normalized spacial score (nSPS) is 11.1. The first-order valence-electron chi connectivity index (χ1n) is 15.6. The van der Waals surface area contributed by atoms with Crippen LogP contribution < -0.4 is 25.5 Å². The highest BCUT2D eigenvalue weighted by molar-refractivity contribution is 6.33. The van der Waals surface area contributed by atoms with Gasteiger partial charge in [0.25, 0.3) is 0 Å². The second kappa shape index (κ2) is 15.6. The van der Waals surface area contributed by atoms with E-state index in [0.717, 1.165) is 4.90 Å². The second-order valence-corrected chi connectivity index (χ2v) is 12.6. The van der Waals surface area contributed by atoms with Gasteiger partial charge in [0.1, 0.15) is 54.9 Å². The summed E-state index contributed by atoms with van der Waals surface area (Å²) in [5.41, 5.74) is 7.87. The number of phenolic OH excluding ortho intramolecular Hbond substituents is 1. The van der Waals surface area contributed by atoms with Crippen LogP contribution in [0.3, 0.4) is 0 Å². The number of aromatic hydroxyl groups is 1. The van der Waals surface area contributed by atoms with E-state index in [1.165, 1.54) is 42.5 Å². The first-order valence-corrected chi connectivity index (χ1v) is 16.3. The number of carbonyl (C=O) groups is 4. The summed E-state index contributed by atoms with van der Waals surface area (Å²) in [5, 5.41) is 48.5. The van der Waals surface area contributed by atoms with Gasteiger partial charge in [0.15, 0.2) is 0 Å². The Morgan fingerprint density at radius 3 is 2.04 bits per heavy atom. The summed E-state index contributed by atoms with van der Waals surface area (Å²) in [7, 11) is 0. The summed E-state index contributed by atoms with van der Waals surface area (Å²) >= 11 is 12.5. The van der Waals surface area contributed by atoms with E-state index in [9.17, 15) is 49.5 Å². The highest BCUT2D eigenvalue weighted by Gasteiger charge is 2.25. The molecule has 0 spiro atoms. The van der Waals surface area contributed by atoms with Gasteiger partial charge >= 0.3 is 23.9 Å². The molecule has 15 nitrogen and oxygen atoms in total. The average molecular weight is 770 g/mol. The summed E-state index contributed by atoms with van der Waals surface area (Å²) in [6.45, 7) is -0.270. The number of carboxylic acid groups (broad SMARTS) is 4. The topological polar surface area (TPSA) is 247 Å². The Hall–Kier alpha value is -6.19. The number of halogens is 2. The summed E-state index contributed by atoms with van der Waals surface area (Å²) in [4.78, 5) is 60.1. The number of hydrogen-bond acceptors (Lipinski definition) is 11. The van der Waals surface area contributed by atoms with E-state index in [1.807, 2.05) is 0 Å². The van der Waals surface area contributed by atoms with E-state index >= 15 is 0 Å². The van der Waals surface area contributed by atoms with E-state index in [1.54, 1.807) is 13.0 Å². The van der Waals surface area contributed by atoms with Crippen LogP contribution in [0.2, 0.25) is 10.0 Å². The third-order valence-corrected chi connectivity index (χ3v) is 8.71. The third kappa shape index (κ3) is 8.48. The molecule has 1 heterocycles. The molecule has 0 atom stereocenters. The minimum Gasteiger partial charge on any atom is -0.506 e. The number of aliphatic carboxylic acids is 4. The quantitative estimate of drug-likeness (QED) is 0.0458. The van der Waals surface area contributed by atoms with E-state index < -0.39 is 55.2 Å². The van der Waals surface area contributed by atoms with Gasteiger partial charge in [-0.3, -0.25) is 24.0 Å². The van der Waals surface area contributed by atoms with Gasteiger partial charge in [-0.2, -0.15) is 0 Å². The van der Waals surface area contributed by atoms with Gasteiger partial charge in [0.2, 0.25) is 5.43 Å². The van der Waals surface area contributed by atoms with Gasteiger partial charge in [0.05, 0.1) is 34.3 Å². The molecule has 0 saturated heterocycles. The van der Waals surface area contributed by atoms with E-state index in [2.05, 4.69) is 0 Å². The zero-order valence-corrected chi connectivity index (χ0v) is 29.2. The van der Waals surface area contributed by atoms with Gasteiger partial charge in [0, 0.05) is 28.6 Å². The Morgan fingerprint density at radius 2 is 1.42 bits per heavy atom. The molecule has 3 aromatic rings. The largest absolute Gasteiger partial charge is 0.506 e. The van der Waals surface area contributed by atoms with Crippen LogP contribution in [-0.2, 0) is 32.0 Å². The van der Waals surface area contributed by atoms with Gasteiger partial charge in [-0.1, -0.05) is 29.3 Å². The maximum absolute atomic E-state index is 12.4. The predicted octanol–water partition coefficient (Wildman–Crippen LogP) is 5.16. The molecule has 0 aromatic heterocycles. The predicted molar refractivity (Wildman–Crippen MR) is 193 cm³/mol. The summed E-state index contributed by atoms with van der Waals surface area (Å²) in [6, 6.07) is 11.3. The molecule has 1 aliphatic heterocycles. The van der Waals surface area contributed by atoms with Gasteiger partial charge < -0.3 is 50.1 Å². The molecule has 0 radical (unpaired) electrons. The highest BCUT2D eigenvalue weighted by atomic mass is 35.5. The number of rotatable bonds is 15. The molecule has 2 aliphatic rings. The zero-order valence-electron chi connectivity index (χ0n) is 27.6. The molecule has 0 unspecified atom stereocenters. The standard InChI is InChI=1S/C36H30Cl2N2O13/c1-16-6-30(36(39)19(11-32(45)46)18(16)10-31(43)44)52-5-4-51-29-7-17(2-3-24(29)40(14-33(47)48)15-34(49)50)35-20-8-22(37)25(41)12-27(20)53-28-13-26(42)23(38)9-21(28)35/h2-3,6-9,12-13,41H,4-5,10-11,14-15,39H2,1H3,(H,43,44)(H,45,46)(H,47,48)(H,49,50). The number of fused-ring (bicyclic) bond motifs is 2.